The second-order valence-corrected chi connectivity index (χ2v) is 8.71. The summed E-state index contributed by atoms with van der Waals surface area (Å²) in [6, 6.07) is 27.8. The molecule has 0 aliphatic rings. The van der Waals surface area contributed by atoms with Crippen LogP contribution in [0.2, 0.25) is 0 Å². The first kappa shape index (κ1) is 19.9. The van der Waals surface area contributed by atoms with Crippen LogP contribution in [0.4, 0.5) is 0 Å². The van der Waals surface area contributed by atoms with E-state index in [1.165, 1.54) is 12.1 Å². The Labute approximate surface area is 177 Å². The van der Waals surface area contributed by atoms with Gasteiger partial charge < -0.3 is 4.18 Å². The molecular formula is C25H21NO3S. The summed E-state index contributed by atoms with van der Waals surface area (Å²) in [5.41, 5.74) is 5.40. The predicted octanol–water partition coefficient (Wildman–Crippen LogP) is 5.80. The summed E-state index contributed by atoms with van der Waals surface area (Å²) >= 11 is 0. The Kier molecular flexibility index (Phi) is 5.38. The van der Waals surface area contributed by atoms with Crippen LogP contribution >= 0.6 is 0 Å². The standard InChI is InChI=1S/C25H21NO3S/c1-18-11-13-23(14-12-18)30(27,28)29-25-17-22(21-10-6-7-19(2)15-21)16-24(26-25)20-8-4-3-5-9-20/h3-17H,1-2H3. The predicted molar refractivity (Wildman–Crippen MR) is 119 cm³/mol. The summed E-state index contributed by atoms with van der Waals surface area (Å²) in [6.45, 7) is 3.92. The highest BCUT2D eigenvalue weighted by Gasteiger charge is 2.19. The number of aromatic nitrogens is 1. The molecule has 0 saturated carbocycles. The van der Waals surface area contributed by atoms with Crippen LogP contribution in [-0.2, 0) is 10.1 Å². The molecule has 5 heteroatoms. The monoisotopic (exact) mass is 415 g/mol. The first-order valence-corrected chi connectivity index (χ1v) is 11.0. The maximum absolute atomic E-state index is 12.8. The third-order valence-electron chi connectivity index (χ3n) is 4.73. The molecule has 0 spiro atoms. The van der Waals surface area contributed by atoms with Crippen LogP contribution in [0.3, 0.4) is 0 Å². The molecule has 4 nitrogen and oxygen atoms in total. The van der Waals surface area contributed by atoms with Crippen molar-refractivity contribution < 1.29 is 12.6 Å². The van der Waals surface area contributed by atoms with Gasteiger partial charge in [0.1, 0.15) is 4.90 Å². The summed E-state index contributed by atoms with van der Waals surface area (Å²) in [5.74, 6) is 0.0356. The highest BCUT2D eigenvalue weighted by molar-refractivity contribution is 7.87. The molecule has 0 aliphatic carbocycles. The van der Waals surface area contributed by atoms with E-state index < -0.39 is 10.1 Å². The zero-order valence-electron chi connectivity index (χ0n) is 16.7. The van der Waals surface area contributed by atoms with Gasteiger partial charge in [-0.3, -0.25) is 0 Å². The Bertz CT molecular complexity index is 1280. The van der Waals surface area contributed by atoms with Gasteiger partial charge in [-0.15, -0.1) is 0 Å². The van der Waals surface area contributed by atoms with Crippen LogP contribution in [0.25, 0.3) is 22.4 Å². The number of hydrogen-bond acceptors (Lipinski definition) is 4. The van der Waals surface area contributed by atoms with Crippen LogP contribution in [0.5, 0.6) is 5.88 Å². The van der Waals surface area contributed by atoms with Gasteiger partial charge in [0, 0.05) is 11.6 Å². The second-order valence-electron chi connectivity index (χ2n) is 7.17. The number of rotatable bonds is 5. The van der Waals surface area contributed by atoms with E-state index in [1.807, 2.05) is 74.5 Å². The van der Waals surface area contributed by atoms with Crippen molar-refractivity contribution in [2.75, 3.05) is 0 Å². The van der Waals surface area contributed by atoms with E-state index in [-0.39, 0.29) is 10.8 Å². The van der Waals surface area contributed by atoms with Crippen molar-refractivity contribution in [2.45, 2.75) is 18.7 Å². The number of pyridine rings is 1. The molecule has 0 radical (unpaired) electrons. The Morgan fingerprint density at radius 3 is 2.07 bits per heavy atom. The summed E-state index contributed by atoms with van der Waals surface area (Å²) in [6.07, 6.45) is 0. The molecule has 0 unspecified atom stereocenters. The third kappa shape index (κ3) is 4.42. The lowest BCUT2D eigenvalue weighted by Gasteiger charge is -2.11. The number of hydrogen-bond donors (Lipinski definition) is 0. The number of nitrogens with zero attached hydrogens (tertiary/aromatic N) is 1. The van der Waals surface area contributed by atoms with E-state index in [4.69, 9.17) is 4.18 Å². The number of benzene rings is 3. The van der Waals surface area contributed by atoms with Crippen LogP contribution < -0.4 is 4.18 Å². The quantitative estimate of drug-likeness (QED) is 0.387. The smallest absolute Gasteiger partial charge is 0.340 e. The molecule has 0 atom stereocenters. The normalized spacial score (nSPS) is 11.3. The summed E-state index contributed by atoms with van der Waals surface area (Å²) < 4.78 is 31.0. The molecule has 1 aromatic heterocycles. The van der Waals surface area contributed by atoms with E-state index in [0.29, 0.717) is 5.69 Å². The number of aryl methyl sites for hydroxylation is 2. The minimum Gasteiger partial charge on any atom is -0.358 e. The molecule has 4 rings (SSSR count). The minimum atomic E-state index is -4.00. The van der Waals surface area contributed by atoms with Crippen molar-refractivity contribution in [3.63, 3.8) is 0 Å². The molecule has 30 heavy (non-hydrogen) atoms. The van der Waals surface area contributed by atoms with E-state index >= 15 is 0 Å². The first-order chi connectivity index (χ1) is 14.4. The molecular weight excluding hydrogens is 394 g/mol. The first-order valence-electron chi connectivity index (χ1n) is 9.56. The topological polar surface area (TPSA) is 56.3 Å². The van der Waals surface area contributed by atoms with Crippen molar-refractivity contribution in [1.29, 1.82) is 0 Å². The van der Waals surface area contributed by atoms with Crippen LogP contribution in [0.1, 0.15) is 11.1 Å². The summed E-state index contributed by atoms with van der Waals surface area (Å²) in [5, 5.41) is 0. The maximum atomic E-state index is 12.8. The van der Waals surface area contributed by atoms with Gasteiger partial charge in [0.25, 0.3) is 0 Å². The van der Waals surface area contributed by atoms with Gasteiger partial charge in [-0.1, -0.05) is 77.9 Å². The fourth-order valence-corrected chi connectivity index (χ4v) is 4.04. The molecule has 4 aromatic rings. The van der Waals surface area contributed by atoms with Crippen molar-refractivity contribution in [1.82, 2.24) is 4.98 Å². The van der Waals surface area contributed by atoms with E-state index in [1.54, 1.807) is 18.2 Å². The lowest BCUT2D eigenvalue weighted by molar-refractivity contribution is 0.476. The summed E-state index contributed by atoms with van der Waals surface area (Å²) in [4.78, 5) is 4.57. The Hall–Kier alpha value is -3.44. The van der Waals surface area contributed by atoms with Gasteiger partial charge in [0.2, 0.25) is 5.88 Å². The van der Waals surface area contributed by atoms with Crippen LogP contribution in [0.15, 0.2) is 95.9 Å². The SMILES string of the molecule is Cc1ccc(S(=O)(=O)Oc2cc(-c3cccc(C)c3)cc(-c3ccccc3)n2)cc1. The molecule has 150 valence electrons. The highest BCUT2D eigenvalue weighted by atomic mass is 32.2. The third-order valence-corrected chi connectivity index (χ3v) is 5.97. The molecule has 0 saturated heterocycles. The lowest BCUT2D eigenvalue weighted by atomic mass is 10.0. The Balaban J connectivity index is 1.80. The Morgan fingerprint density at radius 1 is 0.667 bits per heavy atom. The lowest BCUT2D eigenvalue weighted by Crippen LogP contribution is -2.11. The molecule has 1 heterocycles. The zero-order valence-corrected chi connectivity index (χ0v) is 17.6. The molecule has 0 aliphatic heterocycles. The molecule has 3 aromatic carbocycles. The molecule has 0 bridgehead atoms. The fourth-order valence-electron chi connectivity index (χ4n) is 3.16. The second kappa shape index (κ2) is 8.13. The average Bonchev–Trinajstić information content (AvgIpc) is 2.74. The van der Waals surface area contributed by atoms with Gasteiger partial charge in [0.15, 0.2) is 0 Å². The molecule has 0 fully saturated rings. The molecule has 0 N–H and O–H groups in total. The maximum Gasteiger partial charge on any atom is 0.340 e. The van der Waals surface area contributed by atoms with Gasteiger partial charge in [-0.05, 0) is 43.2 Å². The minimum absolute atomic E-state index is 0.0356. The van der Waals surface area contributed by atoms with Crippen molar-refractivity contribution in [2.24, 2.45) is 0 Å². The van der Waals surface area contributed by atoms with E-state index in [0.717, 1.165) is 27.8 Å². The summed E-state index contributed by atoms with van der Waals surface area (Å²) in [7, 11) is -4.00. The van der Waals surface area contributed by atoms with Crippen molar-refractivity contribution in [3.8, 4) is 28.3 Å². The van der Waals surface area contributed by atoms with Crippen LogP contribution in [-0.4, -0.2) is 13.4 Å². The van der Waals surface area contributed by atoms with Gasteiger partial charge in [-0.2, -0.15) is 8.42 Å². The van der Waals surface area contributed by atoms with E-state index in [2.05, 4.69) is 4.98 Å². The largest absolute Gasteiger partial charge is 0.358 e. The van der Waals surface area contributed by atoms with Crippen molar-refractivity contribution in [3.05, 3.63) is 102 Å². The van der Waals surface area contributed by atoms with Crippen molar-refractivity contribution >= 4 is 10.1 Å². The van der Waals surface area contributed by atoms with Crippen LogP contribution in [0, 0.1) is 13.8 Å². The Morgan fingerprint density at radius 2 is 1.37 bits per heavy atom. The average molecular weight is 416 g/mol. The highest BCUT2D eigenvalue weighted by Crippen LogP contribution is 2.30. The molecule has 0 amide bonds. The van der Waals surface area contributed by atoms with Gasteiger partial charge in [-0.25, -0.2) is 4.98 Å². The van der Waals surface area contributed by atoms with Gasteiger partial charge >= 0.3 is 10.1 Å². The van der Waals surface area contributed by atoms with Gasteiger partial charge in [0.05, 0.1) is 5.69 Å². The van der Waals surface area contributed by atoms with E-state index in [9.17, 15) is 8.42 Å². The zero-order chi connectivity index (χ0) is 21.1. The fraction of sp³-hybridized carbons (Fsp3) is 0.0800.